The third-order valence-electron chi connectivity index (χ3n) is 2.38. The van der Waals surface area contributed by atoms with E-state index < -0.39 is 0 Å². The molecule has 0 unspecified atom stereocenters. The zero-order valence-electron chi connectivity index (χ0n) is 9.30. The molecule has 0 radical (unpaired) electrons. The van der Waals surface area contributed by atoms with Crippen molar-refractivity contribution < 1.29 is 0 Å². The highest BCUT2D eigenvalue weighted by molar-refractivity contribution is 5.86. The largest absolute Gasteiger partial charge is 0.397 e. The lowest BCUT2D eigenvalue weighted by Crippen LogP contribution is -1.96. The van der Waals surface area contributed by atoms with Crippen LogP contribution >= 0.6 is 0 Å². The third kappa shape index (κ3) is 2.55. The molecule has 2 rings (SSSR count). The first-order chi connectivity index (χ1) is 8.16. The summed E-state index contributed by atoms with van der Waals surface area (Å²) in [7, 11) is 0. The molecule has 0 spiro atoms. The van der Waals surface area contributed by atoms with Crippen molar-refractivity contribution in [2.24, 2.45) is 4.99 Å². The minimum Gasteiger partial charge on any atom is -0.397 e. The standard InChI is InChI=1S/C13H14N4/c14-10-6-12(16)13(7-11(10)15)17-8-9-4-2-1-3-5-9/h1-8H,14-16H2. The summed E-state index contributed by atoms with van der Waals surface area (Å²) in [4.78, 5) is 4.29. The summed E-state index contributed by atoms with van der Waals surface area (Å²) in [6, 6.07) is 13.1. The van der Waals surface area contributed by atoms with Crippen LogP contribution in [0.2, 0.25) is 0 Å². The Morgan fingerprint density at radius 1 is 0.824 bits per heavy atom. The van der Waals surface area contributed by atoms with E-state index in [0.717, 1.165) is 5.56 Å². The van der Waals surface area contributed by atoms with Crippen LogP contribution in [0.5, 0.6) is 0 Å². The van der Waals surface area contributed by atoms with Crippen LogP contribution in [-0.4, -0.2) is 6.21 Å². The van der Waals surface area contributed by atoms with Crippen molar-refractivity contribution in [3.8, 4) is 0 Å². The Balaban J connectivity index is 2.31. The van der Waals surface area contributed by atoms with E-state index in [9.17, 15) is 0 Å². The van der Waals surface area contributed by atoms with E-state index in [2.05, 4.69) is 4.99 Å². The summed E-state index contributed by atoms with van der Waals surface area (Å²) in [5.74, 6) is 0. The SMILES string of the molecule is Nc1cc(N)c(N=Cc2ccccc2)cc1N. The van der Waals surface area contributed by atoms with E-state index in [4.69, 9.17) is 17.2 Å². The van der Waals surface area contributed by atoms with Crippen molar-refractivity contribution in [3.63, 3.8) is 0 Å². The summed E-state index contributed by atoms with van der Waals surface area (Å²) in [5, 5.41) is 0. The minimum atomic E-state index is 0.473. The van der Waals surface area contributed by atoms with E-state index in [1.54, 1.807) is 18.3 Å². The zero-order chi connectivity index (χ0) is 12.3. The highest BCUT2D eigenvalue weighted by Crippen LogP contribution is 2.29. The van der Waals surface area contributed by atoms with E-state index in [0.29, 0.717) is 22.7 Å². The van der Waals surface area contributed by atoms with E-state index in [1.807, 2.05) is 30.3 Å². The van der Waals surface area contributed by atoms with Gasteiger partial charge in [-0.1, -0.05) is 30.3 Å². The molecule has 0 aliphatic carbocycles. The molecule has 86 valence electrons. The van der Waals surface area contributed by atoms with Gasteiger partial charge in [-0.15, -0.1) is 0 Å². The molecule has 2 aromatic carbocycles. The van der Waals surface area contributed by atoms with Crippen molar-refractivity contribution in [1.82, 2.24) is 0 Å². The predicted octanol–water partition coefficient (Wildman–Crippen LogP) is 2.18. The molecular formula is C13H14N4. The smallest absolute Gasteiger partial charge is 0.0881 e. The molecule has 17 heavy (non-hydrogen) atoms. The molecule has 0 atom stereocenters. The average molecular weight is 226 g/mol. The topological polar surface area (TPSA) is 90.4 Å². The second kappa shape index (κ2) is 4.57. The van der Waals surface area contributed by atoms with Crippen LogP contribution in [0.4, 0.5) is 22.7 Å². The number of benzene rings is 2. The van der Waals surface area contributed by atoms with Gasteiger partial charge in [0.2, 0.25) is 0 Å². The highest BCUT2D eigenvalue weighted by atomic mass is 14.8. The van der Waals surface area contributed by atoms with E-state index in [1.165, 1.54) is 0 Å². The molecule has 0 saturated carbocycles. The number of rotatable bonds is 2. The molecule has 0 aromatic heterocycles. The highest BCUT2D eigenvalue weighted by Gasteiger charge is 2.01. The Hall–Kier alpha value is -2.49. The first kappa shape index (κ1) is 11.0. The van der Waals surface area contributed by atoms with Crippen molar-refractivity contribution in [2.45, 2.75) is 0 Å². The fourth-order valence-electron chi connectivity index (χ4n) is 1.43. The predicted molar refractivity (Wildman–Crippen MR) is 73.4 cm³/mol. The van der Waals surface area contributed by atoms with Crippen molar-refractivity contribution in [1.29, 1.82) is 0 Å². The first-order valence-corrected chi connectivity index (χ1v) is 5.20. The van der Waals surface area contributed by atoms with Crippen molar-refractivity contribution >= 4 is 29.0 Å². The van der Waals surface area contributed by atoms with Gasteiger partial charge in [0, 0.05) is 6.21 Å². The van der Waals surface area contributed by atoms with Gasteiger partial charge in [-0.2, -0.15) is 0 Å². The molecular weight excluding hydrogens is 212 g/mol. The molecule has 0 aliphatic rings. The van der Waals surface area contributed by atoms with Crippen molar-refractivity contribution in [2.75, 3.05) is 17.2 Å². The Morgan fingerprint density at radius 2 is 1.47 bits per heavy atom. The van der Waals surface area contributed by atoms with Gasteiger partial charge < -0.3 is 17.2 Å². The second-order valence-electron chi connectivity index (χ2n) is 3.71. The Labute approximate surface area is 99.8 Å². The van der Waals surface area contributed by atoms with Gasteiger partial charge in [0.15, 0.2) is 0 Å². The number of hydrogen-bond donors (Lipinski definition) is 3. The zero-order valence-corrected chi connectivity index (χ0v) is 9.30. The molecule has 4 heteroatoms. The van der Waals surface area contributed by atoms with Crippen LogP contribution in [0.15, 0.2) is 47.5 Å². The summed E-state index contributed by atoms with van der Waals surface area (Å²) >= 11 is 0. The molecule has 0 fully saturated rings. The Morgan fingerprint density at radius 3 is 2.18 bits per heavy atom. The molecule has 0 aliphatic heterocycles. The molecule has 4 nitrogen and oxygen atoms in total. The number of aliphatic imine (C=N–C) groups is 1. The fourth-order valence-corrected chi connectivity index (χ4v) is 1.43. The molecule has 0 amide bonds. The molecule has 0 bridgehead atoms. The molecule has 0 saturated heterocycles. The van der Waals surface area contributed by atoms with Crippen LogP contribution in [-0.2, 0) is 0 Å². The minimum absolute atomic E-state index is 0.473. The maximum atomic E-state index is 5.81. The van der Waals surface area contributed by atoms with Crippen LogP contribution in [0.3, 0.4) is 0 Å². The normalized spacial score (nSPS) is 10.8. The van der Waals surface area contributed by atoms with Gasteiger partial charge in [0.1, 0.15) is 0 Å². The third-order valence-corrected chi connectivity index (χ3v) is 2.38. The molecule has 6 N–H and O–H groups in total. The van der Waals surface area contributed by atoms with Crippen molar-refractivity contribution in [3.05, 3.63) is 48.0 Å². The monoisotopic (exact) mass is 226 g/mol. The molecule has 2 aromatic rings. The number of nitrogens with two attached hydrogens (primary N) is 3. The lowest BCUT2D eigenvalue weighted by Gasteiger charge is -2.04. The van der Waals surface area contributed by atoms with Gasteiger partial charge in [-0.3, -0.25) is 4.99 Å². The average Bonchev–Trinajstić information content (AvgIpc) is 2.33. The van der Waals surface area contributed by atoms with Gasteiger partial charge >= 0.3 is 0 Å². The molecule has 0 heterocycles. The first-order valence-electron chi connectivity index (χ1n) is 5.20. The van der Waals surface area contributed by atoms with Gasteiger partial charge in [-0.25, -0.2) is 0 Å². The van der Waals surface area contributed by atoms with Gasteiger partial charge in [-0.05, 0) is 17.7 Å². The maximum Gasteiger partial charge on any atom is 0.0881 e. The lowest BCUT2D eigenvalue weighted by molar-refractivity contribution is 1.52. The second-order valence-corrected chi connectivity index (χ2v) is 3.71. The van der Waals surface area contributed by atoms with Crippen LogP contribution in [0.25, 0.3) is 0 Å². The number of hydrogen-bond acceptors (Lipinski definition) is 4. The number of anilines is 3. The summed E-state index contributed by atoms with van der Waals surface area (Å²) in [5.41, 5.74) is 20.3. The quantitative estimate of drug-likeness (QED) is 0.541. The summed E-state index contributed by atoms with van der Waals surface area (Å²) in [6.45, 7) is 0. The van der Waals surface area contributed by atoms with Crippen LogP contribution in [0.1, 0.15) is 5.56 Å². The number of nitrogen functional groups attached to an aromatic ring is 3. The van der Waals surface area contributed by atoms with E-state index >= 15 is 0 Å². The fraction of sp³-hybridized carbons (Fsp3) is 0. The van der Waals surface area contributed by atoms with Crippen LogP contribution in [0, 0.1) is 0 Å². The van der Waals surface area contributed by atoms with Gasteiger partial charge in [0.25, 0.3) is 0 Å². The number of nitrogens with zero attached hydrogens (tertiary/aromatic N) is 1. The summed E-state index contributed by atoms with van der Waals surface area (Å²) < 4.78 is 0. The Kier molecular flexibility index (Phi) is 2.96. The summed E-state index contributed by atoms with van der Waals surface area (Å²) in [6.07, 6.45) is 1.74. The Bertz CT molecular complexity index is 547. The lowest BCUT2D eigenvalue weighted by atomic mass is 10.2. The maximum absolute atomic E-state index is 5.81. The van der Waals surface area contributed by atoms with Crippen LogP contribution < -0.4 is 17.2 Å². The van der Waals surface area contributed by atoms with Gasteiger partial charge in [0.05, 0.1) is 22.7 Å². The van der Waals surface area contributed by atoms with E-state index in [-0.39, 0.29) is 0 Å².